The highest BCUT2D eigenvalue weighted by atomic mass is 79.9. The fourth-order valence-corrected chi connectivity index (χ4v) is 6.20. The van der Waals surface area contributed by atoms with Gasteiger partial charge in [-0.2, -0.15) is 0 Å². The third-order valence-electron chi connectivity index (χ3n) is 7.70. The van der Waals surface area contributed by atoms with Gasteiger partial charge in [0, 0.05) is 16.8 Å². The molecule has 0 spiro atoms. The van der Waals surface area contributed by atoms with Gasteiger partial charge in [-0.15, -0.1) is 0 Å². The molecule has 0 saturated heterocycles. The van der Waals surface area contributed by atoms with Gasteiger partial charge in [0.15, 0.2) is 0 Å². The smallest absolute Gasteiger partial charge is 0.339 e. The average molecular weight is 624 g/mol. The van der Waals surface area contributed by atoms with E-state index in [0.717, 1.165) is 49.4 Å². The van der Waals surface area contributed by atoms with E-state index < -0.39 is 11.6 Å². The lowest BCUT2D eigenvalue weighted by Gasteiger charge is -2.33. The topological polar surface area (TPSA) is 85.2 Å². The maximum Gasteiger partial charge on any atom is 0.339 e. The van der Waals surface area contributed by atoms with Crippen LogP contribution in [0, 0.1) is 5.92 Å². The molecule has 0 saturated carbocycles. The molecule has 0 aliphatic heterocycles. The Hall–Kier alpha value is -1.83. The van der Waals surface area contributed by atoms with Crippen molar-refractivity contribution in [1.82, 2.24) is 0 Å². The molecule has 0 aromatic heterocycles. The van der Waals surface area contributed by atoms with Crippen LogP contribution in [0.2, 0.25) is 0 Å². The first kappa shape index (κ1) is 34.4. The lowest BCUT2D eigenvalue weighted by molar-refractivity contribution is -0.123. The minimum Gasteiger partial charge on any atom is -0.507 e. The van der Waals surface area contributed by atoms with Crippen LogP contribution in [0.3, 0.4) is 0 Å². The van der Waals surface area contributed by atoms with E-state index in [4.69, 9.17) is 14.2 Å². The molecule has 40 heavy (non-hydrogen) atoms. The summed E-state index contributed by atoms with van der Waals surface area (Å²) in [6.07, 6.45) is 8.28. The number of allylic oxidation sites excluding steroid dienone is 3. The number of carbonyl (C=O) groups is 1. The monoisotopic (exact) mass is 622 g/mol. The number of carboxylic acids is 1. The molecular weight excluding hydrogens is 572 g/mol. The van der Waals surface area contributed by atoms with Crippen LogP contribution in [0.25, 0.3) is 0 Å². The van der Waals surface area contributed by atoms with E-state index >= 15 is 0 Å². The first-order valence-electron chi connectivity index (χ1n) is 14.6. The Bertz CT molecular complexity index is 1040. The fourth-order valence-electron chi connectivity index (χ4n) is 5.24. The zero-order valence-corrected chi connectivity index (χ0v) is 27.3. The first-order chi connectivity index (χ1) is 18.7. The summed E-state index contributed by atoms with van der Waals surface area (Å²) in [4.78, 5) is 12.4. The third-order valence-corrected chi connectivity index (χ3v) is 8.10. The van der Waals surface area contributed by atoms with E-state index in [1.807, 2.05) is 26.8 Å². The molecule has 0 amide bonds. The standard InChI is InChI=1S/C33H51BrO6/c1-9-10-11-12-24-20-27(38-17-18-39-33(7,8)21-40-32(5,6)15-16-34)29(30(35)28(24)31(36)37)26-19-23(4)13-14-25(26)22(2)3/h19-20,25-26,35H,2,9-18,21H2,1,3-8H3,(H,36,37). The molecule has 0 radical (unpaired) electrons. The predicted octanol–water partition coefficient (Wildman–Crippen LogP) is 8.59. The van der Waals surface area contributed by atoms with Crippen molar-refractivity contribution in [2.24, 2.45) is 5.92 Å². The Labute approximate surface area is 250 Å². The molecule has 2 atom stereocenters. The van der Waals surface area contributed by atoms with Crippen LogP contribution in [0.15, 0.2) is 29.9 Å². The molecule has 226 valence electrons. The van der Waals surface area contributed by atoms with Crippen molar-refractivity contribution in [2.45, 2.75) is 111 Å². The van der Waals surface area contributed by atoms with Crippen molar-refractivity contribution in [1.29, 1.82) is 0 Å². The molecule has 7 heteroatoms. The second-order valence-electron chi connectivity index (χ2n) is 12.4. The number of phenols is 1. The largest absolute Gasteiger partial charge is 0.507 e. The lowest BCUT2D eigenvalue weighted by atomic mass is 9.73. The van der Waals surface area contributed by atoms with Gasteiger partial charge < -0.3 is 24.4 Å². The predicted molar refractivity (Wildman–Crippen MR) is 166 cm³/mol. The van der Waals surface area contributed by atoms with E-state index in [9.17, 15) is 15.0 Å². The van der Waals surface area contributed by atoms with Gasteiger partial charge in [0.25, 0.3) is 0 Å². The molecule has 1 aromatic carbocycles. The molecule has 2 unspecified atom stereocenters. The van der Waals surface area contributed by atoms with Crippen molar-refractivity contribution in [2.75, 3.05) is 25.2 Å². The summed E-state index contributed by atoms with van der Waals surface area (Å²) in [6.45, 7) is 19.6. The molecule has 1 aliphatic rings. The van der Waals surface area contributed by atoms with E-state index in [-0.39, 0.29) is 35.4 Å². The summed E-state index contributed by atoms with van der Waals surface area (Å²) in [5.74, 6) is -0.922. The first-order valence-corrected chi connectivity index (χ1v) is 15.8. The number of carboxylic acid groups (broad SMARTS) is 1. The molecule has 2 rings (SSSR count). The normalized spacial score (nSPS) is 17.9. The highest BCUT2D eigenvalue weighted by Crippen LogP contribution is 2.48. The summed E-state index contributed by atoms with van der Waals surface area (Å²) in [5, 5.41) is 22.5. The Kier molecular flexibility index (Phi) is 13.2. The summed E-state index contributed by atoms with van der Waals surface area (Å²) in [7, 11) is 0. The van der Waals surface area contributed by atoms with E-state index in [1.54, 1.807) is 0 Å². The summed E-state index contributed by atoms with van der Waals surface area (Å²) in [6, 6.07) is 1.83. The number of ether oxygens (including phenoxy) is 3. The number of halogens is 1. The minimum absolute atomic E-state index is 0.0174. The van der Waals surface area contributed by atoms with Gasteiger partial charge in [-0.25, -0.2) is 4.79 Å². The van der Waals surface area contributed by atoms with Crippen molar-refractivity contribution in [3.8, 4) is 11.5 Å². The van der Waals surface area contributed by atoms with Crippen LogP contribution in [0.1, 0.15) is 114 Å². The summed E-state index contributed by atoms with van der Waals surface area (Å²) in [5.41, 5.74) is 2.58. The number of benzene rings is 1. The van der Waals surface area contributed by atoms with Crippen molar-refractivity contribution in [3.05, 3.63) is 46.6 Å². The molecule has 0 heterocycles. The maximum atomic E-state index is 12.4. The van der Waals surface area contributed by atoms with E-state index in [2.05, 4.69) is 56.3 Å². The van der Waals surface area contributed by atoms with Gasteiger partial charge in [0.05, 0.1) is 24.4 Å². The number of hydrogen-bond acceptors (Lipinski definition) is 5. The lowest BCUT2D eigenvalue weighted by Crippen LogP contribution is -2.37. The molecule has 6 nitrogen and oxygen atoms in total. The van der Waals surface area contributed by atoms with Crippen molar-refractivity contribution in [3.63, 3.8) is 0 Å². The van der Waals surface area contributed by atoms with Crippen LogP contribution < -0.4 is 4.74 Å². The Morgan fingerprint density at radius 2 is 1.85 bits per heavy atom. The zero-order valence-electron chi connectivity index (χ0n) is 25.7. The molecule has 1 aliphatic carbocycles. The van der Waals surface area contributed by atoms with Gasteiger partial charge in [-0.05, 0) is 91.2 Å². The fraction of sp³-hybridized carbons (Fsp3) is 0.667. The highest BCUT2D eigenvalue weighted by molar-refractivity contribution is 9.09. The molecular formula is C33H51BrO6. The van der Waals surface area contributed by atoms with E-state index in [0.29, 0.717) is 36.5 Å². The SMILES string of the molecule is C=C(C)C1CCC(C)=CC1c1c(OCCOC(C)(C)COC(C)(C)CCBr)cc(CCCCC)c(C(=O)O)c1O. The summed E-state index contributed by atoms with van der Waals surface area (Å²) < 4.78 is 18.6. The number of unbranched alkanes of at least 4 members (excludes halogenated alkanes) is 2. The maximum absolute atomic E-state index is 12.4. The molecule has 2 N–H and O–H groups in total. The van der Waals surface area contributed by atoms with Crippen LogP contribution in [-0.2, 0) is 15.9 Å². The second-order valence-corrected chi connectivity index (χ2v) is 13.2. The zero-order chi connectivity index (χ0) is 30.1. The Morgan fingerprint density at radius 1 is 1.15 bits per heavy atom. The molecule has 0 fully saturated rings. The Balaban J connectivity index is 2.37. The third kappa shape index (κ3) is 9.92. The van der Waals surface area contributed by atoms with Crippen LogP contribution in [0.5, 0.6) is 11.5 Å². The van der Waals surface area contributed by atoms with E-state index in [1.165, 1.54) is 5.57 Å². The van der Waals surface area contributed by atoms with Gasteiger partial charge in [0.2, 0.25) is 0 Å². The van der Waals surface area contributed by atoms with Crippen LogP contribution in [-0.4, -0.2) is 52.5 Å². The van der Waals surface area contributed by atoms with Gasteiger partial charge in [0.1, 0.15) is 23.7 Å². The number of aromatic carboxylic acids is 1. The van der Waals surface area contributed by atoms with Crippen LogP contribution in [0.4, 0.5) is 0 Å². The minimum atomic E-state index is -1.12. The summed E-state index contributed by atoms with van der Waals surface area (Å²) >= 11 is 3.48. The number of rotatable bonds is 17. The number of aryl methyl sites for hydroxylation is 1. The van der Waals surface area contributed by atoms with Crippen molar-refractivity contribution < 1.29 is 29.2 Å². The van der Waals surface area contributed by atoms with Crippen molar-refractivity contribution >= 4 is 21.9 Å². The number of hydrogen-bond donors (Lipinski definition) is 2. The highest BCUT2D eigenvalue weighted by Gasteiger charge is 2.34. The molecule has 1 aromatic rings. The second kappa shape index (κ2) is 15.4. The van der Waals surface area contributed by atoms with Crippen LogP contribution >= 0.6 is 15.9 Å². The number of aromatic hydroxyl groups is 1. The quantitative estimate of drug-likeness (QED) is 0.103. The van der Waals surface area contributed by atoms with Gasteiger partial charge in [-0.1, -0.05) is 59.5 Å². The molecule has 0 bridgehead atoms. The Morgan fingerprint density at radius 3 is 2.45 bits per heavy atom. The average Bonchev–Trinajstić information content (AvgIpc) is 2.85. The number of alkyl halides is 1. The van der Waals surface area contributed by atoms with Gasteiger partial charge in [-0.3, -0.25) is 0 Å². The van der Waals surface area contributed by atoms with Gasteiger partial charge >= 0.3 is 5.97 Å².